The molecule has 0 aliphatic carbocycles. The number of phenolic OH excluding ortho intramolecular Hbond substituents is 1. The standard InChI is InChI=1S/C29H28N4O7/c1-37-22-8-6-18-14-25(22)39-24-13-17(4-7-21(24)34)5-9-26(35)30-20-16-33(15-19(18)20)28(36)11-10-27-31-29(32-40-27)23-3-2-12-38-23/h2-4,6-8,12-14,19-20,34H,5,9-11,15-16H2,1H3,(H,30,35)/t19-,20+/m0/s1. The third kappa shape index (κ3) is 5.22. The summed E-state index contributed by atoms with van der Waals surface area (Å²) in [5, 5.41) is 17.5. The molecule has 4 heterocycles. The van der Waals surface area contributed by atoms with Gasteiger partial charge in [0.2, 0.25) is 23.5 Å². The fourth-order valence-corrected chi connectivity index (χ4v) is 5.18. The van der Waals surface area contributed by atoms with E-state index >= 15 is 0 Å². The summed E-state index contributed by atoms with van der Waals surface area (Å²) in [7, 11) is 1.55. The van der Waals surface area contributed by atoms with E-state index in [1.54, 1.807) is 48.4 Å². The van der Waals surface area contributed by atoms with Gasteiger partial charge in [-0.05, 0) is 53.9 Å². The number of benzene rings is 2. The van der Waals surface area contributed by atoms with E-state index in [-0.39, 0.29) is 54.5 Å². The minimum Gasteiger partial charge on any atom is -0.504 e. The molecule has 0 radical (unpaired) electrons. The predicted octanol–water partition coefficient (Wildman–Crippen LogP) is 3.83. The van der Waals surface area contributed by atoms with Crippen molar-refractivity contribution in [2.45, 2.75) is 37.6 Å². The Morgan fingerprint density at radius 3 is 2.88 bits per heavy atom. The molecular weight excluding hydrogens is 516 g/mol. The summed E-state index contributed by atoms with van der Waals surface area (Å²) < 4.78 is 22.2. The van der Waals surface area contributed by atoms with E-state index in [4.69, 9.17) is 18.4 Å². The second kappa shape index (κ2) is 10.8. The number of nitrogens with one attached hydrogen (secondary N) is 1. The molecule has 11 heteroatoms. The SMILES string of the molecule is COc1ccc2cc1Oc1cc(ccc1O)CCC(=O)N[C@@H]1CN(C(=O)CCc3nc(-c4ccco4)no3)C[C@@H]21. The molecule has 4 aromatic rings. The van der Waals surface area contributed by atoms with Gasteiger partial charge >= 0.3 is 0 Å². The summed E-state index contributed by atoms with van der Waals surface area (Å²) >= 11 is 0. The molecule has 11 nitrogen and oxygen atoms in total. The molecule has 2 aromatic carbocycles. The van der Waals surface area contributed by atoms with Crippen molar-refractivity contribution in [3.63, 3.8) is 0 Å². The van der Waals surface area contributed by atoms with Crippen LogP contribution in [0.3, 0.4) is 0 Å². The Morgan fingerprint density at radius 2 is 2.05 bits per heavy atom. The molecule has 2 aromatic heterocycles. The lowest BCUT2D eigenvalue weighted by atomic mass is 9.93. The second-order valence-corrected chi connectivity index (χ2v) is 9.88. The number of methoxy groups -OCH3 is 1. The number of nitrogens with zero attached hydrogens (tertiary/aromatic N) is 3. The van der Waals surface area contributed by atoms with Crippen molar-refractivity contribution >= 4 is 11.8 Å². The molecule has 2 aliphatic rings. The molecule has 0 saturated carbocycles. The second-order valence-electron chi connectivity index (χ2n) is 9.88. The van der Waals surface area contributed by atoms with Gasteiger partial charge in [0.1, 0.15) is 0 Å². The third-order valence-electron chi connectivity index (χ3n) is 7.28. The van der Waals surface area contributed by atoms with Gasteiger partial charge in [-0.2, -0.15) is 4.98 Å². The number of aromatic hydroxyl groups is 1. The Hall–Kier alpha value is -4.80. The largest absolute Gasteiger partial charge is 0.504 e. The summed E-state index contributed by atoms with van der Waals surface area (Å²) in [5.74, 6) is 2.02. The number of phenols is 1. The van der Waals surface area contributed by atoms with Gasteiger partial charge in [0.05, 0.1) is 19.4 Å². The number of hydrogen-bond acceptors (Lipinski definition) is 9. The van der Waals surface area contributed by atoms with Crippen LogP contribution >= 0.6 is 0 Å². The highest BCUT2D eigenvalue weighted by atomic mass is 16.5. The number of likely N-dealkylation sites (tertiary alicyclic amines) is 1. The Bertz CT molecular complexity index is 1530. The van der Waals surface area contributed by atoms with Crippen LogP contribution in [0.25, 0.3) is 11.6 Å². The van der Waals surface area contributed by atoms with Gasteiger partial charge in [-0.25, -0.2) is 0 Å². The highest BCUT2D eigenvalue weighted by Crippen LogP contribution is 2.40. The molecule has 2 amide bonds. The maximum absolute atomic E-state index is 13.2. The van der Waals surface area contributed by atoms with Gasteiger partial charge < -0.3 is 33.7 Å². The number of furan rings is 1. The number of carbonyl (C=O) groups is 2. The van der Waals surface area contributed by atoms with Gasteiger partial charge in [0.25, 0.3) is 0 Å². The van der Waals surface area contributed by atoms with Crippen LogP contribution in [-0.2, 0) is 22.4 Å². The Labute approximate surface area is 229 Å². The molecule has 2 aliphatic heterocycles. The van der Waals surface area contributed by atoms with Crippen LogP contribution in [0, 0.1) is 0 Å². The van der Waals surface area contributed by atoms with E-state index in [1.807, 2.05) is 12.1 Å². The molecule has 6 rings (SSSR count). The van der Waals surface area contributed by atoms with Crippen molar-refractivity contribution in [3.8, 4) is 34.6 Å². The van der Waals surface area contributed by atoms with Gasteiger partial charge in [0.15, 0.2) is 28.8 Å². The lowest BCUT2D eigenvalue weighted by Gasteiger charge is -2.21. The molecule has 2 atom stereocenters. The summed E-state index contributed by atoms with van der Waals surface area (Å²) in [6, 6.07) is 13.8. The van der Waals surface area contributed by atoms with Gasteiger partial charge in [-0.3, -0.25) is 9.59 Å². The van der Waals surface area contributed by atoms with Crippen LogP contribution in [0.1, 0.15) is 35.8 Å². The summed E-state index contributed by atoms with van der Waals surface area (Å²) in [6.45, 7) is 0.781. The molecule has 1 fully saturated rings. The van der Waals surface area contributed by atoms with Crippen LogP contribution in [0.15, 0.2) is 63.7 Å². The molecule has 0 spiro atoms. The van der Waals surface area contributed by atoms with Gasteiger partial charge in [-0.15, -0.1) is 0 Å². The fraction of sp³-hybridized carbons (Fsp3) is 0.310. The van der Waals surface area contributed by atoms with Crippen molar-refractivity contribution in [1.29, 1.82) is 0 Å². The number of aryl methyl sites for hydroxylation is 2. The van der Waals surface area contributed by atoms with Crippen molar-refractivity contribution < 1.29 is 33.1 Å². The molecule has 1 saturated heterocycles. The summed E-state index contributed by atoms with van der Waals surface area (Å²) in [4.78, 5) is 32.3. The Morgan fingerprint density at radius 1 is 1.15 bits per heavy atom. The van der Waals surface area contributed by atoms with E-state index in [9.17, 15) is 14.7 Å². The average Bonchev–Trinajstić information content (AvgIpc) is 3.73. The molecule has 4 bridgehead atoms. The van der Waals surface area contributed by atoms with E-state index in [2.05, 4.69) is 15.5 Å². The highest BCUT2D eigenvalue weighted by molar-refractivity contribution is 5.79. The number of carbonyl (C=O) groups excluding carboxylic acids is 2. The van der Waals surface area contributed by atoms with Crippen molar-refractivity contribution in [2.75, 3.05) is 20.2 Å². The summed E-state index contributed by atoms with van der Waals surface area (Å²) in [5.41, 5.74) is 1.74. The van der Waals surface area contributed by atoms with Crippen molar-refractivity contribution in [2.24, 2.45) is 0 Å². The molecule has 2 N–H and O–H groups in total. The van der Waals surface area contributed by atoms with Crippen molar-refractivity contribution in [1.82, 2.24) is 20.4 Å². The molecular formula is C29H28N4O7. The smallest absolute Gasteiger partial charge is 0.238 e. The van der Waals surface area contributed by atoms with E-state index in [0.29, 0.717) is 48.5 Å². The zero-order chi connectivity index (χ0) is 27.6. The number of rotatable bonds is 5. The number of amides is 2. The first-order valence-corrected chi connectivity index (χ1v) is 13.1. The van der Waals surface area contributed by atoms with E-state index in [1.165, 1.54) is 6.26 Å². The normalized spacial score (nSPS) is 18.5. The van der Waals surface area contributed by atoms with Crippen LogP contribution in [0.2, 0.25) is 0 Å². The maximum Gasteiger partial charge on any atom is 0.238 e. The number of ether oxygens (including phenoxy) is 2. The molecule has 40 heavy (non-hydrogen) atoms. The fourth-order valence-electron chi connectivity index (χ4n) is 5.18. The topological polar surface area (TPSA) is 140 Å². The number of aromatic nitrogens is 2. The third-order valence-corrected chi connectivity index (χ3v) is 7.28. The Kier molecular flexibility index (Phi) is 6.85. The predicted molar refractivity (Wildman–Crippen MR) is 141 cm³/mol. The quantitative estimate of drug-likeness (QED) is 0.384. The zero-order valence-corrected chi connectivity index (χ0v) is 21.8. The first-order valence-electron chi connectivity index (χ1n) is 13.1. The first kappa shape index (κ1) is 25.5. The van der Waals surface area contributed by atoms with Gasteiger partial charge in [0, 0.05) is 38.3 Å². The Balaban J connectivity index is 1.22. The number of fused-ring (bicyclic) bond motifs is 6. The molecule has 0 unspecified atom stereocenters. The number of hydrogen-bond donors (Lipinski definition) is 2. The summed E-state index contributed by atoms with van der Waals surface area (Å²) in [6.07, 6.45) is 2.72. The van der Waals surface area contributed by atoms with Crippen LogP contribution < -0.4 is 14.8 Å². The minimum absolute atomic E-state index is 0.0106. The van der Waals surface area contributed by atoms with E-state index < -0.39 is 0 Å². The van der Waals surface area contributed by atoms with Crippen molar-refractivity contribution in [3.05, 3.63) is 71.8 Å². The first-order chi connectivity index (χ1) is 19.5. The maximum atomic E-state index is 13.2. The van der Waals surface area contributed by atoms with Gasteiger partial charge in [-0.1, -0.05) is 17.3 Å². The average molecular weight is 545 g/mol. The van der Waals surface area contributed by atoms with Crippen LogP contribution in [-0.4, -0.2) is 58.2 Å². The lowest BCUT2D eigenvalue weighted by molar-refractivity contribution is -0.130. The van der Waals surface area contributed by atoms with Crippen LogP contribution in [0.5, 0.6) is 23.0 Å². The monoisotopic (exact) mass is 544 g/mol. The highest BCUT2D eigenvalue weighted by Gasteiger charge is 2.37. The molecule has 206 valence electrons. The zero-order valence-electron chi connectivity index (χ0n) is 21.8. The van der Waals surface area contributed by atoms with E-state index in [0.717, 1.165) is 11.1 Å². The lowest BCUT2D eigenvalue weighted by Crippen LogP contribution is -2.40. The van der Waals surface area contributed by atoms with Crippen LogP contribution in [0.4, 0.5) is 0 Å². The minimum atomic E-state index is -0.288.